The summed E-state index contributed by atoms with van der Waals surface area (Å²) in [4.78, 5) is 55.0. The van der Waals surface area contributed by atoms with Gasteiger partial charge in [0.1, 0.15) is 12.4 Å². The molecule has 214 valence electrons. The van der Waals surface area contributed by atoms with Crippen LogP contribution in [0.2, 0.25) is 0 Å². The number of hydrogen-bond acceptors (Lipinski definition) is 6. The van der Waals surface area contributed by atoms with Gasteiger partial charge in [0.15, 0.2) is 0 Å². The smallest absolute Gasteiger partial charge is 0.325 e. The summed E-state index contributed by atoms with van der Waals surface area (Å²) in [5, 5.41) is 10.7. The maximum absolute atomic E-state index is 13.4. The van der Waals surface area contributed by atoms with Gasteiger partial charge in [-0.05, 0) is 68.5 Å². The zero-order chi connectivity index (χ0) is 29.2. The van der Waals surface area contributed by atoms with Gasteiger partial charge in [0.2, 0.25) is 5.91 Å². The van der Waals surface area contributed by atoms with Crippen LogP contribution in [-0.2, 0) is 14.3 Å². The number of carbonyl (C=O) groups is 4. The second kappa shape index (κ2) is 14.3. The molecule has 3 amide bonds. The number of likely N-dealkylation sites (tertiary alicyclic amines) is 1. The lowest BCUT2D eigenvalue weighted by atomic mass is 9.98. The van der Waals surface area contributed by atoms with Gasteiger partial charge >= 0.3 is 5.97 Å². The molecule has 10 heteroatoms. The van der Waals surface area contributed by atoms with Crippen molar-refractivity contribution < 1.29 is 23.9 Å². The number of nitrogen functional groups attached to an aromatic ring is 1. The number of nitrogens with zero attached hydrogens (tertiary/aromatic N) is 2. The Labute approximate surface area is 235 Å². The number of amides is 3. The summed E-state index contributed by atoms with van der Waals surface area (Å²) >= 11 is 0. The predicted octanol–water partition coefficient (Wildman–Crippen LogP) is 3.18. The molecule has 1 aliphatic heterocycles. The number of hydrogen-bond donors (Lipinski definition) is 3. The molecule has 0 spiro atoms. The number of ether oxygens (including phenoxy) is 1. The van der Waals surface area contributed by atoms with Crippen LogP contribution in [0, 0.1) is 12.3 Å². The minimum Gasteiger partial charge on any atom is -0.465 e. The van der Waals surface area contributed by atoms with Gasteiger partial charge in [-0.2, -0.15) is 0 Å². The first-order valence-electron chi connectivity index (χ1n) is 13.7. The SMILES string of the molecule is CCCN(CC(=O)OCC)C(=O)CC(NC(=O)c1ccc(C(=O)N2CCCC2)c(C)c1)c1cccc(C(=N)N)c1. The van der Waals surface area contributed by atoms with Crippen molar-refractivity contribution in [2.24, 2.45) is 5.73 Å². The highest BCUT2D eigenvalue weighted by Gasteiger charge is 2.26. The topological polar surface area (TPSA) is 146 Å². The molecule has 1 saturated heterocycles. The van der Waals surface area contributed by atoms with Crippen LogP contribution in [0.4, 0.5) is 0 Å². The lowest BCUT2D eigenvalue weighted by Crippen LogP contribution is -2.40. The third-order valence-electron chi connectivity index (χ3n) is 6.87. The van der Waals surface area contributed by atoms with Crippen LogP contribution in [0.1, 0.15) is 83.0 Å². The van der Waals surface area contributed by atoms with E-state index in [1.165, 1.54) is 4.90 Å². The van der Waals surface area contributed by atoms with Crippen LogP contribution >= 0.6 is 0 Å². The number of nitrogens with two attached hydrogens (primary N) is 1. The summed E-state index contributed by atoms with van der Waals surface area (Å²) < 4.78 is 5.03. The molecule has 0 bridgehead atoms. The molecule has 3 rings (SSSR count). The molecule has 0 aromatic heterocycles. The predicted molar refractivity (Wildman–Crippen MR) is 152 cm³/mol. The Morgan fingerprint density at radius 2 is 1.80 bits per heavy atom. The third-order valence-corrected chi connectivity index (χ3v) is 6.87. The van der Waals surface area contributed by atoms with E-state index in [1.807, 2.05) is 11.8 Å². The van der Waals surface area contributed by atoms with Crippen molar-refractivity contribution >= 4 is 29.5 Å². The highest BCUT2D eigenvalue weighted by atomic mass is 16.5. The van der Waals surface area contributed by atoms with Gasteiger partial charge in [0, 0.05) is 36.3 Å². The maximum atomic E-state index is 13.4. The lowest BCUT2D eigenvalue weighted by Gasteiger charge is -2.25. The molecular weight excluding hydrogens is 510 g/mol. The summed E-state index contributed by atoms with van der Waals surface area (Å²) in [5.41, 5.74) is 8.35. The van der Waals surface area contributed by atoms with E-state index in [0.717, 1.165) is 25.9 Å². The van der Waals surface area contributed by atoms with Crippen molar-refractivity contribution in [3.8, 4) is 0 Å². The summed E-state index contributed by atoms with van der Waals surface area (Å²) in [7, 11) is 0. The van der Waals surface area contributed by atoms with Crippen LogP contribution < -0.4 is 11.1 Å². The van der Waals surface area contributed by atoms with E-state index in [2.05, 4.69) is 5.32 Å². The maximum Gasteiger partial charge on any atom is 0.325 e. The largest absolute Gasteiger partial charge is 0.465 e. The standard InChI is InChI=1S/C30H39N5O5/c1-4-13-35(19-27(37)40-5-2)26(36)18-25(21-9-8-10-22(17-21)28(31)32)33-29(38)23-11-12-24(20(3)16-23)30(39)34-14-6-7-15-34/h8-12,16-17,25H,4-7,13-15,18-19H2,1-3H3,(H3,31,32)(H,33,38). The summed E-state index contributed by atoms with van der Waals surface area (Å²) in [6.07, 6.45) is 2.51. The molecule has 0 radical (unpaired) electrons. The molecule has 10 nitrogen and oxygen atoms in total. The van der Waals surface area contributed by atoms with Gasteiger partial charge in [-0.1, -0.05) is 25.1 Å². The lowest BCUT2D eigenvalue weighted by molar-refractivity contribution is -0.149. The minimum absolute atomic E-state index is 0.0379. The second-order valence-corrected chi connectivity index (χ2v) is 9.92. The van der Waals surface area contributed by atoms with E-state index >= 15 is 0 Å². The minimum atomic E-state index is -0.757. The number of aryl methyl sites for hydroxylation is 1. The summed E-state index contributed by atoms with van der Waals surface area (Å²) in [6.45, 7) is 7.27. The highest BCUT2D eigenvalue weighted by Crippen LogP contribution is 2.22. The summed E-state index contributed by atoms with van der Waals surface area (Å²) in [6, 6.07) is 11.0. The molecule has 0 aliphatic carbocycles. The Hall–Kier alpha value is -4.21. The number of benzene rings is 2. The van der Waals surface area contributed by atoms with E-state index in [0.29, 0.717) is 40.8 Å². The van der Waals surface area contributed by atoms with Crippen molar-refractivity contribution in [2.45, 2.75) is 52.5 Å². The fourth-order valence-corrected chi connectivity index (χ4v) is 4.78. The van der Waals surface area contributed by atoms with E-state index in [4.69, 9.17) is 15.9 Å². The van der Waals surface area contributed by atoms with E-state index in [1.54, 1.807) is 56.3 Å². The van der Waals surface area contributed by atoms with E-state index in [9.17, 15) is 19.2 Å². The molecule has 2 aromatic rings. The third kappa shape index (κ3) is 7.91. The number of amidine groups is 1. The number of nitrogens with one attached hydrogen (secondary N) is 2. The monoisotopic (exact) mass is 549 g/mol. The Morgan fingerprint density at radius 1 is 1.07 bits per heavy atom. The van der Waals surface area contributed by atoms with Gasteiger partial charge in [-0.3, -0.25) is 24.6 Å². The number of rotatable bonds is 12. The molecule has 1 aliphatic rings. The first kappa shape index (κ1) is 30.3. The van der Waals surface area contributed by atoms with E-state index in [-0.39, 0.29) is 37.2 Å². The average Bonchev–Trinajstić information content (AvgIpc) is 3.47. The van der Waals surface area contributed by atoms with Crippen LogP contribution in [0.25, 0.3) is 0 Å². The summed E-state index contributed by atoms with van der Waals surface area (Å²) in [5.74, 6) is -1.41. The molecular formula is C30H39N5O5. The number of esters is 1. The normalized spacial score (nSPS) is 13.4. The molecule has 40 heavy (non-hydrogen) atoms. The zero-order valence-electron chi connectivity index (χ0n) is 23.5. The van der Waals surface area contributed by atoms with E-state index < -0.39 is 17.9 Å². The average molecular weight is 550 g/mol. The van der Waals surface area contributed by atoms with Gasteiger partial charge in [-0.25, -0.2) is 0 Å². The molecule has 1 heterocycles. The van der Waals surface area contributed by atoms with Crippen molar-refractivity contribution in [1.82, 2.24) is 15.1 Å². The first-order valence-corrected chi connectivity index (χ1v) is 13.7. The van der Waals surface area contributed by atoms with Crippen molar-refractivity contribution in [2.75, 3.05) is 32.8 Å². The van der Waals surface area contributed by atoms with Gasteiger partial charge < -0.3 is 25.6 Å². The molecule has 1 atom stereocenters. The van der Waals surface area contributed by atoms with Crippen molar-refractivity contribution in [1.29, 1.82) is 5.41 Å². The van der Waals surface area contributed by atoms with Gasteiger partial charge in [0.25, 0.3) is 11.8 Å². The van der Waals surface area contributed by atoms with Gasteiger partial charge in [-0.15, -0.1) is 0 Å². The Morgan fingerprint density at radius 3 is 2.42 bits per heavy atom. The highest BCUT2D eigenvalue weighted by molar-refractivity contribution is 5.99. The number of carbonyl (C=O) groups excluding carboxylic acids is 4. The molecule has 1 fully saturated rings. The second-order valence-electron chi connectivity index (χ2n) is 9.92. The van der Waals surface area contributed by atoms with Crippen LogP contribution in [0.5, 0.6) is 0 Å². The van der Waals surface area contributed by atoms with Crippen LogP contribution in [0.3, 0.4) is 0 Å². The zero-order valence-corrected chi connectivity index (χ0v) is 23.5. The quantitative estimate of drug-likeness (QED) is 0.211. The van der Waals surface area contributed by atoms with Crippen molar-refractivity contribution in [3.63, 3.8) is 0 Å². The van der Waals surface area contributed by atoms with Crippen LogP contribution in [-0.4, -0.2) is 72.1 Å². The Bertz CT molecular complexity index is 1250. The Kier molecular flexibility index (Phi) is 10.8. The Balaban J connectivity index is 1.85. The van der Waals surface area contributed by atoms with Gasteiger partial charge in [0.05, 0.1) is 19.1 Å². The molecule has 2 aromatic carbocycles. The fourth-order valence-electron chi connectivity index (χ4n) is 4.78. The van der Waals surface area contributed by atoms with Crippen LogP contribution in [0.15, 0.2) is 42.5 Å². The van der Waals surface area contributed by atoms with Crippen molar-refractivity contribution in [3.05, 3.63) is 70.3 Å². The molecule has 4 N–H and O–H groups in total. The molecule has 0 saturated carbocycles. The molecule has 1 unspecified atom stereocenters. The first-order chi connectivity index (χ1) is 19.1. The fraction of sp³-hybridized carbons (Fsp3) is 0.433.